The Balaban J connectivity index is 2.13. The van der Waals surface area contributed by atoms with E-state index in [9.17, 15) is 14.7 Å². The van der Waals surface area contributed by atoms with Crippen LogP contribution in [-0.4, -0.2) is 29.6 Å². The lowest BCUT2D eigenvalue weighted by atomic mass is 9.94. The average Bonchev–Trinajstić information content (AvgIpc) is 2.79. The molecule has 5 nitrogen and oxygen atoms in total. The topological polar surface area (TPSA) is 78.8 Å². The van der Waals surface area contributed by atoms with E-state index in [1.165, 1.54) is 12.1 Å². The van der Waals surface area contributed by atoms with Crippen LogP contribution in [0.4, 0.5) is 0 Å². The summed E-state index contributed by atoms with van der Waals surface area (Å²) in [4.78, 5) is 28.1. The van der Waals surface area contributed by atoms with Gasteiger partial charge < -0.3 is 10.4 Å². The molecule has 1 aromatic carbocycles. The number of hydrogen-bond acceptors (Lipinski definition) is 4. The molecule has 0 unspecified atom stereocenters. The molecule has 0 spiro atoms. The fourth-order valence-corrected chi connectivity index (χ4v) is 3.06. The smallest absolute Gasteiger partial charge is 0.219 e. The zero-order chi connectivity index (χ0) is 17.9. The fourth-order valence-electron chi connectivity index (χ4n) is 2.55. The molecule has 7 heteroatoms. The van der Waals surface area contributed by atoms with Crippen LogP contribution in [0.15, 0.2) is 22.8 Å². The van der Waals surface area contributed by atoms with Crippen LogP contribution in [0.25, 0.3) is 6.08 Å². The molecular weight excluding hydrogens is 351 g/mol. The number of ketones is 1. The van der Waals surface area contributed by atoms with Gasteiger partial charge in [0.1, 0.15) is 5.70 Å². The molecule has 0 radical (unpaired) electrons. The molecule has 0 saturated carbocycles. The Kier molecular flexibility index (Phi) is 6.02. The molecule has 1 heterocycles. The molecule has 1 aromatic rings. The Morgan fingerprint density at radius 1 is 1.38 bits per heavy atom. The van der Waals surface area contributed by atoms with Crippen molar-refractivity contribution in [2.45, 2.75) is 26.2 Å². The van der Waals surface area contributed by atoms with E-state index in [0.717, 1.165) is 5.71 Å². The van der Waals surface area contributed by atoms with Crippen LogP contribution in [0, 0.1) is 5.92 Å². The third-order valence-electron chi connectivity index (χ3n) is 3.89. The van der Waals surface area contributed by atoms with Crippen LogP contribution in [0.5, 0.6) is 5.75 Å². The van der Waals surface area contributed by atoms with Gasteiger partial charge in [-0.05, 0) is 43.5 Å². The van der Waals surface area contributed by atoms with Gasteiger partial charge in [-0.25, -0.2) is 0 Å². The predicted octanol–water partition coefficient (Wildman–Crippen LogP) is 3.62. The minimum Gasteiger partial charge on any atom is -0.505 e. The molecule has 0 saturated heterocycles. The van der Waals surface area contributed by atoms with Gasteiger partial charge >= 0.3 is 0 Å². The number of nitrogens with one attached hydrogen (secondary N) is 1. The summed E-state index contributed by atoms with van der Waals surface area (Å²) in [5, 5.41) is 12.4. The fraction of sp³-hybridized carbons (Fsp3) is 0.353. The molecule has 2 rings (SSSR count). The van der Waals surface area contributed by atoms with Gasteiger partial charge in [0.05, 0.1) is 16.0 Å². The monoisotopic (exact) mass is 368 g/mol. The number of nitrogens with zero attached hydrogens (tertiary/aromatic N) is 1. The zero-order valence-electron chi connectivity index (χ0n) is 13.4. The number of phenols is 1. The maximum atomic E-state index is 12.5. The Morgan fingerprint density at radius 2 is 2.00 bits per heavy atom. The van der Waals surface area contributed by atoms with E-state index in [2.05, 4.69) is 10.3 Å². The predicted molar refractivity (Wildman–Crippen MR) is 95.6 cm³/mol. The van der Waals surface area contributed by atoms with Crippen LogP contribution in [-0.2, 0) is 9.59 Å². The van der Waals surface area contributed by atoms with Crippen LogP contribution in [0.3, 0.4) is 0 Å². The SMILES string of the molecule is CNC(=O)CCC[C@@H]1C(=O)/C(=C/c2cc(Cl)c(O)c(Cl)c2)N=C1C. The summed E-state index contributed by atoms with van der Waals surface area (Å²) in [6, 6.07) is 3.04. The van der Waals surface area contributed by atoms with E-state index in [-0.39, 0.29) is 33.4 Å². The summed E-state index contributed by atoms with van der Waals surface area (Å²) in [6.45, 7) is 1.81. The first kappa shape index (κ1) is 18.5. The number of aliphatic imine (C=N–C) groups is 1. The third-order valence-corrected chi connectivity index (χ3v) is 4.46. The molecule has 0 aliphatic carbocycles. The minimum atomic E-state index is -0.302. The van der Waals surface area contributed by atoms with Crippen molar-refractivity contribution in [2.75, 3.05) is 7.05 Å². The van der Waals surface area contributed by atoms with E-state index in [1.54, 1.807) is 20.0 Å². The molecule has 128 valence electrons. The van der Waals surface area contributed by atoms with Gasteiger partial charge in [0, 0.05) is 19.2 Å². The van der Waals surface area contributed by atoms with Crippen molar-refractivity contribution in [3.63, 3.8) is 0 Å². The van der Waals surface area contributed by atoms with Crippen LogP contribution < -0.4 is 5.32 Å². The number of rotatable bonds is 5. The van der Waals surface area contributed by atoms with Crippen LogP contribution >= 0.6 is 23.2 Å². The van der Waals surface area contributed by atoms with Crippen molar-refractivity contribution in [1.29, 1.82) is 0 Å². The number of allylic oxidation sites excluding steroid dienone is 1. The van der Waals surface area contributed by atoms with Gasteiger partial charge in [0.15, 0.2) is 11.5 Å². The summed E-state index contributed by atoms with van der Waals surface area (Å²) in [5.74, 6) is -0.613. The molecule has 24 heavy (non-hydrogen) atoms. The van der Waals surface area contributed by atoms with Gasteiger partial charge in [-0.1, -0.05) is 23.2 Å². The van der Waals surface area contributed by atoms with E-state index < -0.39 is 0 Å². The first-order valence-electron chi connectivity index (χ1n) is 7.53. The number of hydrogen-bond donors (Lipinski definition) is 2. The normalized spacial score (nSPS) is 18.8. The Labute approximate surface area is 150 Å². The van der Waals surface area contributed by atoms with Gasteiger partial charge in [-0.2, -0.15) is 0 Å². The maximum absolute atomic E-state index is 12.5. The van der Waals surface area contributed by atoms with E-state index in [1.807, 2.05) is 0 Å². The number of halogens is 2. The average molecular weight is 369 g/mol. The Hall–Kier alpha value is -1.85. The zero-order valence-corrected chi connectivity index (χ0v) is 14.9. The van der Waals surface area contributed by atoms with Crippen molar-refractivity contribution >= 4 is 46.7 Å². The quantitative estimate of drug-likeness (QED) is 0.779. The number of carbonyl (C=O) groups is 2. The second kappa shape index (κ2) is 7.81. The van der Waals surface area contributed by atoms with Gasteiger partial charge in [0.25, 0.3) is 0 Å². The molecule has 0 fully saturated rings. The number of aromatic hydroxyl groups is 1. The standard InChI is InChI=1S/C17H18Cl2N2O3/c1-9-11(4-3-5-15(22)20-2)16(23)14(21-9)8-10-6-12(18)17(24)13(19)7-10/h6-8,11,24H,3-5H2,1-2H3,(H,20,22)/b14-8-/t11-/m0/s1. The molecule has 1 atom stereocenters. The van der Waals surface area contributed by atoms with Crippen LogP contribution in [0.1, 0.15) is 31.7 Å². The largest absolute Gasteiger partial charge is 0.505 e. The van der Waals surface area contributed by atoms with Gasteiger partial charge in [-0.3, -0.25) is 14.6 Å². The third kappa shape index (κ3) is 4.16. The Morgan fingerprint density at radius 3 is 2.58 bits per heavy atom. The lowest BCUT2D eigenvalue weighted by Crippen LogP contribution is -2.20. The number of amides is 1. The maximum Gasteiger partial charge on any atom is 0.219 e. The number of benzene rings is 1. The number of carbonyl (C=O) groups excluding carboxylic acids is 2. The molecule has 1 amide bonds. The van der Waals surface area contributed by atoms with Gasteiger partial charge in [-0.15, -0.1) is 0 Å². The van der Waals surface area contributed by atoms with Crippen molar-refractivity contribution in [3.8, 4) is 5.75 Å². The van der Waals surface area contributed by atoms with Crippen LogP contribution in [0.2, 0.25) is 10.0 Å². The lowest BCUT2D eigenvalue weighted by Gasteiger charge is -2.08. The van der Waals surface area contributed by atoms with E-state index in [0.29, 0.717) is 30.5 Å². The summed E-state index contributed by atoms with van der Waals surface area (Å²) in [7, 11) is 1.59. The highest BCUT2D eigenvalue weighted by Gasteiger charge is 2.30. The van der Waals surface area contributed by atoms with Crippen molar-refractivity contribution < 1.29 is 14.7 Å². The number of Topliss-reactive ketones (excluding diaryl/α,β-unsaturated/α-hetero) is 1. The van der Waals surface area contributed by atoms with E-state index >= 15 is 0 Å². The first-order valence-corrected chi connectivity index (χ1v) is 8.28. The summed E-state index contributed by atoms with van der Waals surface area (Å²) in [5.41, 5.74) is 1.66. The lowest BCUT2D eigenvalue weighted by molar-refractivity contribution is -0.121. The Bertz CT molecular complexity index is 718. The van der Waals surface area contributed by atoms with E-state index in [4.69, 9.17) is 23.2 Å². The highest BCUT2D eigenvalue weighted by Crippen LogP contribution is 2.34. The van der Waals surface area contributed by atoms with Crippen molar-refractivity contribution in [2.24, 2.45) is 10.9 Å². The molecule has 2 N–H and O–H groups in total. The molecule has 1 aliphatic rings. The molecule has 0 aromatic heterocycles. The highest BCUT2D eigenvalue weighted by atomic mass is 35.5. The number of phenolic OH excluding ortho intramolecular Hbond substituents is 1. The minimum absolute atomic E-state index is 0.0424. The summed E-state index contributed by atoms with van der Waals surface area (Å²) in [6.07, 6.45) is 3.18. The van der Waals surface area contributed by atoms with Crippen molar-refractivity contribution in [1.82, 2.24) is 5.32 Å². The first-order chi connectivity index (χ1) is 11.3. The molecule has 0 bridgehead atoms. The summed E-state index contributed by atoms with van der Waals surface area (Å²) >= 11 is 11.8. The highest BCUT2D eigenvalue weighted by molar-refractivity contribution is 6.37. The molecular formula is C17H18Cl2N2O3. The van der Waals surface area contributed by atoms with Crippen molar-refractivity contribution in [3.05, 3.63) is 33.4 Å². The second-order valence-electron chi connectivity index (χ2n) is 5.60. The van der Waals surface area contributed by atoms with Gasteiger partial charge in [0.2, 0.25) is 5.91 Å². The second-order valence-corrected chi connectivity index (χ2v) is 6.41. The summed E-state index contributed by atoms with van der Waals surface area (Å²) < 4.78 is 0. The molecule has 1 aliphatic heterocycles.